The Balaban J connectivity index is 2.70. The van der Waals surface area contributed by atoms with Crippen molar-refractivity contribution in [2.75, 3.05) is 0 Å². The van der Waals surface area contributed by atoms with Gasteiger partial charge < -0.3 is 16.5 Å². The van der Waals surface area contributed by atoms with Crippen LogP contribution in [0.3, 0.4) is 0 Å². The van der Waals surface area contributed by atoms with Gasteiger partial charge in [-0.2, -0.15) is 0 Å². The zero-order valence-corrected chi connectivity index (χ0v) is 35.2. The molecule has 264 valence electrons. The van der Waals surface area contributed by atoms with Gasteiger partial charge in [-0.25, -0.2) is 0 Å². The molecule has 0 N–H and O–H groups in total. The van der Waals surface area contributed by atoms with Crippen LogP contribution in [-0.2, 0) is 16.5 Å². The highest BCUT2D eigenvalue weighted by Gasteiger charge is 2.34. The van der Waals surface area contributed by atoms with Gasteiger partial charge in [-0.15, -0.1) is 0 Å². The zero-order chi connectivity index (χ0) is 31.8. The van der Waals surface area contributed by atoms with Crippen LogP contribution in [0.15, 0.2) is 0 Å². The highest BCUT2D eigenvalue weighted by Crippen LogP contribution is 2.23. The molecular formula is C36H80O4Si4. The summed E-state index contributed by atoms with van der Waals surface area (Å²) in [4.78, 5) is 0. The van der Waals surface area contributed by atoms with Crippen LogP contribution in [0.2, 0.25) is 24.2 Å². The highest BCUT2D eigenvalue weighted by atomic mass is 28.5. The van der Waals surface area contributed by atoms with Gasteiger partial charge >= 0.3 is 37.1 Å². The molecule has 0 atom stereocenters. The molecule has 1 aliphatic heterocycles. The maximum atomic E-state index is 7.01. The summed E-state index contributed by atoms with van der Waals surface area (Å²) in [5.41, 5.74) is 0. The quantitative estimate of drug-likeness (QED) is 0.0521. The van der Waals surface area contributed by atoms with Gasteiger partial charge in [0.1, 0.15) is 0 Å². The minimum Gasteiger partial charge on any atom is -0.420 e. The summed E-state index contributed by atoms with van der Waals surface area (Å²) in [7, 11) is -6.84. The Hall–Kier alpha value is 0.708. The third-order valence-corrected chi connectivity index (χ3v) is 22.6. The van der Waals surface area contributed by atoms with Crippen LogP contribution in [0.5, 0.6) is 0 Å². The minimum absolute atomic E-state index is 1.17. The molecule has 0 saturated carbocycles. The Morgan fingerprint density at radius 3 is 0.568 bits per heavy atom. The molecule has 0 unspecified atom stereocenters. The predicted octanol–water partition coefficient (Wildman–Crippen LogP) is 12.0. The molecule has 0 bridgehead atoms. The van der Waals surface area contributed by atoms with Crippen LogP contribution in [0.4, 0.5) is 0 Å². The first-order valence-electron chi connectivity index (χ1n) is 20.3. The first kappa shape index (κ1) is 42.7. The lowest BCUT2D eigenvalue weighted by atomic mass is 10.1. The summed E-state index contributed by atoms with van der Waals surface area (Å²) in [6.07, 6.45) is 38.0. The molecule has 0 aliphatic carbocycles. The van der Waals surface area contributed by atoms with E-state index in [2.05, 4.69) is 27.7 Å². The lowest BCUT2D eigenvalue weighted by molar-refractivity contribution is 0.275. The highest BCUT2D eigenvalue weighted by molar-refractivity contribution is 6.73. The van der Waals surface area contributed by atoms with Crippen molar-refractivity contribution in [2.24, 2.45) is 0 Å². The Bertz CT molecular complexity index is 470. The number of hydrogen-bond acceptors (Lipinski definition) is 4. The predicted molar refractivity (Wildman–Crippen MR) is 204 cm³/mol. The Morgan fingerprint density at radius 1 is 0.227 bits per heavy atom. The van der Waals surface area contributed by atoms with Crippen molar-refractivity contribution in [1.82, 2.24) is 0 Å². The fourth-order valence-electron chi connectivity index (χ4n) is 6.42. The maximum absolute atomic E-state index is 7.01. The summed E-state index contributed by atoms with van der Waals surface area (Å²) >= 11 is 0. The van der Waals surface area contributed by atoms with E-state index in [-0.39, 0.29) is 0 Å². The fourth-order valence-corrected chi connectivity index (χ4v) is 22.0. The topological polar surface area (TPSA) is 36.9 Å². The summed E-state index contributed by atoms with van der Waals surface area (Å²) in [6, 6.07) is 4.69. The van der Waals surface area contributed by atoms with Crippen molar-refractivity contribution in [3.63, 3.8) is 0 Å². The van der Waals surface area contributed by atoms with E-state index >= 15 is 0 Å². The molecular weight excluding hydrogens is 609 g/mol. The Labute approximate surface area is 284 Å². The number of unbranched alkanes of at least 4 members (excludes halogenated alkanes) is 24. The molecule has 0 radical (unpaired) electrons. The van der Waals surface area contributed by atoms with Gasteiger partial charge in [0.2, 0.25) is 0 Å². The molecule has 1 fully saturated rings. The van der Waals surface area contributed by atoms with Crippen LogP contribution in [0.1, 0.15) is 207 Å². The first-order chi connectivity index (χ1) is 21.7. The smallest absolute Gasteiger partial charge is 0.303 e. The molecule has 0 spiro atoms. The fraction of sp³-hybridized carbons (Fsp3) is 1.00. The monoisotopic (exact) mass is 689 g/mol. The number of rotatable bonds is 32. The maximum Gasteiger partial charge on any atom is 0.303 e. The largest absolute Gasteiger partial charge is 0.420 e. The molecule has 1 aliphatic rings. The van der Waals surface area contributed by atoms with Crippen molar-refractivity contribution in [3.8, 4) is 0 Å². The van der Waals surface area contributed by atoms with Gasteiger partial charge in [0.05, 0.1) is 0 Å². The minimum atomic E-state index is -1.71. The lowest BCUT2D eigenvalue weighted by Crippen LogP contribution is -2.48. The molecule has 8 heteroatoms. The number of hydrogen-bond donors (Lipinski definition) is 0. The molecule has 0 aromatic rings. The second-order valence-electron chi connectivity index (χ2n) is 13.9. The van der Waals surface area contributed by atoms with E-state index in [1.807, 2.05) is 0 Å². The van der Waals surface area contributed by atoms with Crippen LogP contribution in [-0.4, -0.2) is 37.1 Å². The van der Waals surface area contributed by atoms with Gasteiger partial charge in [0, 0.05) is 0 Å². The van der Waals surface area contributed by atoms with Gasteiger partial charge in [-0.3, -0.25) is 0 Å². The molecule has 1 saturated heterocycles. The third kappa shape index (κ3) is 26.7. The van der Waals surface area contributed by atoms with Gasteiger partial charge in [-0.1, -0.05) is 207 Å². The summed E-state index contributed by atoms with van der Waals surface area (Å²) in [5, 5.41) is 0. The van der Waals surface area contributed by atoms with Crippen LogP contribution in [0.25, 0.3) is 0 Å². The third-order valence-electron chi connectivity index (χ3n) is 9.39. The molecule has 1 heterocycles. The van der Waals surface area contributed by atoms with Crippen molar-refractivity contribution in [2.45, 2.75) is 232 Å². The van der Waals surface area contributed by atoms with E-state index in [4.69, 9.17) is 16.5 Å². The van der Waals surface area contributed by atoms with E-state index in [0.717, 1.165) is 0 Å². The Kier molecular flexibility index (Phi) is 32.6. The average Bonchev–Trinajstić information content (AvgIpc) is 3.01. The van der Waals surface area contributed by atoms with Gasteiger partial charge in [0.25, 0.3) is 0 Å². The normalized spacial score (nSPS) is 21.0. The zero-order valence-electron chi connectivity index (χ0n) is 30.6. The molecule has 44 heavy (non-hydrogen) atoms. The van der Waals surface area contributed by atoms with E-state index in [1.54, 1.807) is 0 Å². The van der Waals surface area contributed by atoms with E-state index in [9.17, 15) is 0 Å². The van der Waals surface area contributed by atoms with Crippen molar-refractivity contribution in [1.29, 1.82) is 0 Å². The van der Waals surface area contributed by atoms with Gasteiger partial charge in [0.15, 0.2) is 0 Å². The van der Waals surface area contributed by atoms with Gasteiger partial charge in [-0.05, 0) is 24.2 Å². The van der Waals surface area contributed by atoms with E-state index in [1.165, 1.54) is 204 Å². The van der Waals surface area contributed by atoms with Crippen molar-refractivity contribution in [3.05, 3.63) is 0 Å². The van der Waals surface area contributed by atoms with Crippen LogP contribution < -0.4 is 0 Å². The SMILES string of the molecule is CCCCCCCCC[SiH]1O[SiH](CCCCCCCCC)O[SiH](CCCCCCCCC)O[SiH](CCCCCCCCC)O1. The second-order valence-corrected chi connectivity index (χ2v) is 24.0. The van der Waals surface area contributed by atoms with E-state index < -0.39 is 37.1 Å². The summed E-state index contributed by atoms with van der Waals surface area (Å²) in [5.74, 6) is 0. The van der Waals surface area contributed by atoms with Crippen LogP contribution >= 0.6 is 0 Å². The molecule has 0 amide bonds. The van der Waals surface area contributed by atoms with E-state index in [0.29, 0.717) is 0 Å². The molecule has 1 rings (SSSR count). The van der Waals surface area contributed by atoms with Crippen molar-refractivity contribution < 1.29 is 16.5 Å². The molecule has 0 aromatic heterocycles. The van der Waals surface area contributed by atoms with Crippen molar-refractivity contribution >= 4 is 37.1 Å². The average molecular weight is 689 g/mol. The molecule has 4 nitrogen and oxygen atoms in total. The molecule has 0 aromatic carbocycles. The standard InChI is InChI=1S/C36H80O4Si4/c1-5-9-13-17-21-25-29-33-41-37-42(34-30-26-22-18-14-10-6-2)39-44(36-32-28-24-20-16-12-8-4)40-43(38-41)35-31-27-23-19-15-11-7-3/h41-44H,5-36H2,1-4H3. The summed E-state index contributed by atoms with van der Waals surface area (Å²) < 4.78 is 28.0. The lowest BCUT2D eigenvalue weighted by Gasteiger charge is -2.34. The van der Waals surface area contributed by atoms with Crippen LogP contribution in [0, 0.1) is 0 Å². The second kappa shape index (κ2) is 33.6. The Morgan fingerprint density at radius 2 is 0.386 bits per heavy atom. The first-order valence-corrected chi connectivity index (χ1v) is 27.4. The summed E-state index contributed by atoms with van der Waals surface area (Å²) in [6.45, 7) is 9.22.